The molecule has 1 heteroatoms. The van der Waals surface area contributed by atoms with E-state index in [0.717, 1.165) is 31.4 Å². The highest BCUT2D eigenvalue weighted by atomic mass is 14.7. The van der Waals surface area contributed by atoms with Gasteiger partial charge in [-0.05, 0) is 41.2 Å². The molecule has 0 bridgehead atoms. The van der Waals surface area contributed by atoms with Crippen LogP contribution in [0.5, 0.6) is 0 Å². The molecule has 2 atom stereocenters. The van der Waals surface area contributed by atoms with Gasteiger partial charge < -0.3 is 0 Å². The van der Waals surface area contributed by atoms with Gasteiger partial charge in [0.05, 0.1) is 0 Å². The van der Waals surface area contributed by atoms with Crippen LogP contribution in [0.4, 0.5) is 0 Å². The summed E-state index contributed by atoms with van der Waals surface area (Å²) in [5.74, 6) is 1.24. The molecule has 0 aromatic rings. The average molecular weight is 291 g/mol. The average Bonchev–Trinajstić information content (AvgIpc) is 3.28. The van der Waals surface area contributed by atoms with E-state index in [9.17, 15) is 0 Å². The number of aliphatic imine (C=N–C) groups is 1. The SMILES string of the molecule is C=C1C=C=CC=C(C2=CCC(=NCC(C)CC)CC3=CC32)C1. The van der Waals surface area contributed by atoms with Crippen LogP contribution in [-0.4, -0.2) is 12.3 Å². The summed E-state index contributed by atoms with van der Waals surface area (Å²) in [6, 6.07) is 0. The molecule has 22 heavy (non-hydrogen) atoms. The molecule has 2 unspecified atom stereocenters. The Labute approximate surface area is 134 Å². The fraction of sp³-hybridized carbons (Fsp3) is 0.429. The first-order valence-corrected chi connectivity index (χ1v) is 8.40. The van der Waals surface area contributed by atoms with E-state index in [1.165, 1.54) is 23.3 Å². The second kappa shape index (κ2) is 6.50. The van der Waals surface area contributed by atoms with Crippen molar-refractivity contribution in [3.63, 3.8) is 0 Å². The molecule has 0 aromatic carbocycles. The Balaban J connectivity index is 1.76. The Morgan fingerprint density at radius 1 is 1.41 bits per heavy atom. The number of hydrogen-bond donors (Lipinski definition) is 0. The zero-order valence-corrected chi connectivity index (χ0v) is 13.7. The van der Waals surface area contributed by atoms with E-state index in [4.69, 9.17) is 4.99 Å². The number of fused-ring (bicyclic) bond motifs is 1. The predicted molar refractivity (Wildman–Crippen MR) is 95.1 cm³/mol. The Morgan fingerprint density at radius 2 is 2.27 bits per heavy atom. The van der Waals surface area contributed by atoms with Crippen LogP contribution < -0.4 is 0 Å². The van der Waals surface area contributed by atoms with Gasteiger partial charge >= 0.3 is 0 Å². The summed E-state index contributed by atoms with van der Waals surface area (Å²) < 4.78 is 0. The molecule has 0 aliphatic heterocycles. The zero-order valence-electron chi connectivity index (χ0n) is 13.7. The minimum atomic E-state index is 0.557. The molecule has 0 N–H and O–H groups in total. The first-order chi connectivity index (χ1) is 10.7. The molecule has 0 heterocycles. The third-order valence-electron chi connectivity index (χ3n) is 4.75. The van der Waals surface area contributed by atoms with Crippen molar-refractivity contribution >= 4 is 5.71 Å². The molecule has 3 aliphatic carbocycles. The van der Waals surface area contributed by atoms with Crippen LogP contribution in [0.15, 0.2) is 70.0 Å². The smallest absolute Gasteiger partial charge is 0.0414 e. The summed E-state index contributed by atoms with van der Waals surface area (Å²) in [6.45, 7) is 9.60. The Kier molecular flexibility index (Phi) is 4.45. The second-order valence-corrected chi connectivity index (χ2v) is 6.68. The summed E-state index contributed by atoms with van der Waals surface area (Å²) >= 11 is 0. The summed E-state index contributed by atoms with van der Waals surface area (Å²) in [4.78, 5) is 4.87. The molecule has 1 nitrogen and oxygen atoms in total. The van der Waals surface area contributed by atoms with E-state index in [1.807, 2.05) is 12.2 Å². The maximum Gasteiger partial charge on any atom is 0.0414 e. The lowest BCUT2D eigenvalue weighted by atomic mass is 9.93. The fourth-order valence-electron chi connectivity index (χ4n) is 3.02. The molecule has 0 fully saturated rings. The topological polar surface area (TPSA) is 12.4 Å². The van der Waals surface area contributed by atoms with E-state index in [1.54, 1.807) is 5.57 Å². The van der Waals surface area contributed by atoms with Crippen molar-refractivity contribution in [2.24, 2.45) is 16.8 Å². The molecule has 0 saturated carbocycles. The molecule has 0 spiro atoms. The largest absolute Gasteiger partial charge is 0.293 e. The van der Waals surface area contributed by atoms with Crippen LogP contribution in [0.25, 0.3) is 0 Å². The van der Waals surface area contributed by atoms with Crippen molar-refractivity contribution in [3.05, 3.63) is 65.0 Å². The van der Waals surface area contributed by atoms with Crippen molar-refractivity contribution in [1.29, 1.82) is 0 Å². The highest BCUT2D eigenvalue weighted by Crippen LogP contribution is 2.45. The van der Waals surface area contributed by atoms with Gasteiger partial charge in [0.1, 0.15) is 0 Å². The maximum absolute atomic E-state index is 4.87. The number of nitrogens with zero attached hydrogens (tertiary/aromatic N) is 1. The molecule has 0 aromatic heterocycles. The molecule has 3 rings (SSSR count). The van der Waals surface area contributed by atoms with Gasteiger partial charge in [0, 0.05) is 31.0 Å². The third-order valence-corrected chi connectivity index (χ3v) is 4.75. The summed E-state index contributed by atoms with van der Waals surface area (Å²) in [5, 5.41) is 0. The van der Waals surface area contributed by atoms with Crippen molar-refractivity contribution in [1.82, 2.24) is 0 Å². The molecule has 0 amide bonds. The van der Waals surface area contributed by atoms with Gasteiger partial charge in [-0.25, -0.2) is 0 Å². The van der Waals surface area contributed by atoms with E-state index >= 15 is 0 Å². The lowest BCUT2D eigenvalue weighted by molar-refractivity contribution is 0.576. The van der Waals surface area contributed by atoms with Gasteiger partial charge in [-0.3, -0.25) is 4.99 Å². The number of rotatable bonds is 4. The first kappa shape index (κ1) is 15.1. The van der Waals surface area contributed by atoms with E-state index in [0.29, 0.717) is 11.8 Å². The minimum Gasteiger partial charge on any atom is -0.293 e. The zero-order chi connectivity index (χ0) is 15.5. The van der Waals surface area contributed by atoms with Crippen molar-refractivity contribution in [3.8, 4) is 0 Å². The normalized spacial score (nSPS) is 26.6. The standard InChI is InChI=1S/C21H25N/c1-4-15(2)14-22-19-9-10-20(21-13-18(21)12-19)17-8-6-5-7-16(3)11-17/h6-8,10,13,15,21H,3-4,9,11-12,14H2,1-2H3. The summed E-state index contributed by atoms with van der Waals surface area (Å²) in [5.41, 5.74) is 10.1. The van der Waals surface area contributed by atoms with Crippen LogP contribution >= 0.6 is 0 Å². The molecule has 0 radical (unpaired) electrons. The molecule has 3 aliphatic rings. The van der Waals surface area contributed by atoms with Gasteiger partial charge in [-0.1, -0.05) is 50.6 Å². The molecule has 0 saturated heterocycles. The van der Waals surface area contributed by atoms with Gasteiger partial charge in [0.15, 0.2) is 0 Å². The van der Waals surface area contributed by atoms with Crippen LogP contribution in [-0.2, 0) is 0 Å². The van der Waals surface area contributed by atoms with Gasteiger partial charge in [-0.15, -0.1) is 5.73 Å². The summed E-state index contributed by atoms with van der Waals surface area (Å²) in [6.07, 6.45) is 15.2. The Bertz CT molecular complexity index is 660. The fourth-order valence-corrected chi connectivity index (χ4v) is 3.02. The number of hydrogen-bond acceptors (Lipinski definition) is 1. The monoisotopic (exact) mass is 291 g/mol. The molecular formula is C21H25N. The highest BCUT2D eigenvalue weighted by molar-refractivity contribution is 5.90. The quantitative estimate of drug-likeness (QED) is 0.489. The molecule has 114 valence electrons. The minimum absolute atomic E-state index is 0.557. The Hall–Kier alpha value is -1.85. The Morgan fingerprint density at radius 3 is 3.09 bits per heavy atom. The highest BCUT2D eigenvalue weighted by Gasteiger charge is 2.32. The van der Waals surface area contributed by atoms with E-state index in [-0.39, 0.29) is 0 Å². The van der Waals surface area contributed by atoms with Gasteiger partial charge in [0.25, 0.3) is 0 Å². The van der Waals surface area contributed by atoms with Crippen molar-refractivity contribution in [2.45, 2.75) is 39.5 Å². The van der Waals surface area contributed by atoms with Crippen molar-refractivity contribution in [2.75, 3.05) is 6.54 Å². The lowest BCUT2D eigenvalue weighted by Crippen LogP contribution is -2.02. The maximum atomic E-state index is 4.87. The first-order valence-electron chi connectivity index (χ1n) is 8.40. The summed E-state index contributed by atoms with van der Waals surface area (Å²) in [7, 11) is 0. The van der Waals surface area contributed by atoms with E-state index in [2.05, 4.69) is 44.4 Å². The predicted octanol–water partition coefficient (Wildman–Crippen LogP) is 5.35. The van der Waals surface area contributed by atoms with Gasteiger partial charge in [0.2, 0.25) is 0 Å². The van der Waals surface area contributed by atoms with Crippen LogP contribution in [0, 0.1) is 11.8 Å². The van der Waals surface area contributed by atoms with Crippen LogP contribution in [0.3, 0.4) is 0 Å². The van der Waals surface area contributed by atoms with Crippen molar-refractivity contribution < 1.29 is 0 Å². The van der Waals surface area contributed by atoms with E-state index < -0.39 is 0 Å². The third kappa shape index (κ3) is 3.48. The second-order valence-electron chi connectivity index (χ2n) is 6.68. The lowest BCUT2D eigenvalue weighted by Gasteiger charge is -2.11. The number of allylic oxidation sites excluding steroid dienone is 8. The molecular weight excluding hydrogens is 266 g/mol. The van der Waals surface area contributed by atoms with Crippen LogP contribution in [0.2, 0.25) is 0 Å². The van der Waals surface area contributed by atoms with Gasteiger partial charge in [-0.2, -0.15) is 0 Å². The van der Waals surface area contributed by atoms with Crippen LogP contribution in [0.1, 0.15) is 39.5 Å².